The monoisotopic (exact) mass is 390 g/mol. The first-order chi connectivity index (χ1) is 13.3. The van der Waals surface area contributed by atoms with Crippen molar-refractivity contribution in [3.8, 4) is 17.2 Å². The number of ether oxygens (including phenoxy) is 1. The van der Waals surface area contributed by atoms with E-state index in [1.807, 2.05) is 0 Å². The van der Waals surface area contributed by atoms with Crippen molar-refractivity contribution >= 4 is 21.9 Å². The first kappa shape index (κ1) is 18.5. The lowest BCUT2D eigenvalue weighted by Crippen LogP contribution is -2.44. The molecule has 6 N–H and O–H groups in total. The number of rotatable bonds is 2. The van der Waals surface area contributed by atoms with Gasteiger partial charge < -0.3 is 39.8 Å². The van der Waals surface area contributed by atoms with Crippen LogP contribution in [0.4, 0.5) is 0 Å². The zero-order valence-corrected chi connectivity index (χ0v) is 14.4. The molecule has 4 atom stereocenters. The van der Waals surface area contributed by atoms with E-state index >= 15 is 0 Å². The Hall–Kier alpha value is -2.85. The van der Waals surface area contributed by atoms with Crippen molar-refractivity contribution in [1.29, 1.82) is 0 Å². The van der Waals surface area contributed by atoms with Crippen molar-refractivity contribution in [2.75, 3.05) is 6.61 Å². The van der Waals surface area contributed by atoms with E-state index in [0.717, 1.165) is 12.1 Å². The highest BCUT2D eigenvalue weighted by Crippen LogP contribution is 2.39. The number of fused-ring (bicyclic) bond motifs is 2. The summed E-state index contributed by atoms with van der Waals surface area (Å²) in [6, 6.07) is 4.60. The van der Waals surface area contributed by atoms with Gasteiger partial charge in [0.25, 0.3) is 0 Å². The van der Waals surface area contributed by atoms with Crippen molar-refractivity contribution in [2.45, 2.75) is 30.8 Å². The second-order valence-corrected chi connectivity index (χ2v) is 6.83. The van der Waals surface area contributed by atoms with Crippen LogP contribution >= 0.6 is 0 Å². The van der Waals surface area contributed by atoms with Crippen LogP contribution in [0.3, 0.4) is 0 Å². The normalized spacial score (nSPS) is 25.4. The average Bonchev–Trinajstić information content (AvgIpc) is 2.66. The largest absolute Gasteiger partial charge is 0.507 e. The molecule has 9 heteroatoms. The standard InChI is InChI=1S/C19H18O9/c20-6-7-1-14(24)18(26)19(27-7)8-2-9-15(4-11(8)21)28-16-5-13(23)12(22)3-10(16)17(9)25/h2-5,7,14,18-24,26H,1,6H2/t7-,14+,18-,19+/m1/s1. The van der Waals surface area contributed by atoms with E-state index in [9.17, 15) is 35.4 Å². The van der Waals surface area contributed by atoms with Crippen LogP contribution in [0, 0.1) is 0 Å². The number of phenols is 3. The Labute approximate surface area is 157 Å². The lowest BCUT2D eigenvalue weighted by Gasteiger charge is -2.37. The van der Waals surface area contributed by atoms with Gasteiger partial charge in [-0.25, -0.2) is 0 Å². The van der Waals surface area contributed by atoms with E-state index in [2.05, 4.69) is 0 Å². The topological polar surface area (TPSA) is 161 Å². The molecule has 4 rings (SSSR count). The summed E-state index contributed by atoms with van der Waals surface area (Å²) in [5, 5.41) is 59.3. The molecule has 0 radical (unpaired) electrons. The van der Waals surface area contributed by atoms with Crippen LogP contribution in [0.1, 0.15) is 18.1 Å². The first-order valence-corrected chi connectivity index (χ1v) is 8.58. The SMILES string of the molecule is O=c1c2cc(O)c(O)cc2oc2cc(O)c([C@@H]3O[C@@H](CO)C[C@H](O)[C@H]3O)cc12. The molecule has 1 aliphatic heterocycles. The maximum atomic E-state index is 12.8. The zero-order chi connectivity index (χ0) is 20.2. The molecule has 0 unspecified atom stereocenters. The molecule has 0 saturated carbocycles. The number of phenolic OH excluding ortho intramolecular Hbond substituents is 3. The van der Waals surface area contributed by atoms with E-state index in [-0.39, 0.29) is 46.3 Å². The molecule has 0 spiro atoms. The molecule has 0 aliphatic carbocycles. The number of hydrogen-bond donors (Lipinski definition) is 6. The number of benzene rings is 2. The minimum Gasteiger partial charge on any atom is -0.507 e. The molecule has 0 bridgehead atoms. The Morgan fingerprint density at radius 3 is 2.21 bits per heavy atom. The summed E-state index contributed by atoms with van der Waals surface area (Å²) in [4.78, 5) is 12.8. The third-order valence-corrected chi connectivity index (χ3v) is 4.97. The average molecular weight is 390 g/mol. The smallest absolute Gasteiger partial charge is 0.200 e. The molecule has 28 heavy (non-hydrogen) atoms. The highest BCUT2D eigenvalue weighted by Gasteiger charge is 2.38. The molecule has 0 amide bonds. The number of aliphatic hydroxyl groups excluding tert-OH is 3. The molecular formula is C19H18O9. The van der Waals surface area contributed by atoms with Gasteiger partial charge >= 0.3 is 0 Å². The third-order valence-electron chi connectivity index (χ3n) is 4.97. The maximum absolute atomic E-state index is 12.8. The summed E-state index contributed by atoms with van der Waals surface area (Å²) in [5.41, 5.74) is -0.442. The summed E-state index contributed by atoms with van der Waals surface area (Å²) in [5.74, 6) is -1.29. The Kier molecular flexibility index (Phi) is 4.39. The minimum atomic E-state index is -1.38. The van der Waals surface area contributed by atoms with E-state index in [1.165, 1.54) is 12.1 Å². The van der Waals surface area contributed by atoms with Gasteiger partial charge in [0.05, 0.1) is 29.6 Å². The van der Waals surface area contributed by atoms with Crippen molar-refractivity contribution < 1.29 is 39.8 Å². The van der Waals surface area contributed by atoms with E-state index in [0.29, 0.717) is 0 Å². The van der Waals surface area contributed by atoms with Crippen molar-refractivity contribution in [2.24, 2.45) is 0 Å². The van der Waals surface area contributed by atoms with Gasteiger partial charge in [0.1, 0.15) is 29.1 Å². The van der Waals surface area contributed by atoms with Crippen LogP contribution in [0.25, 0.3) is 21.9 Å². The van der Waals surface area contributed by atoms with Crippen LogP contribution in [0.15, 0.2) is 33.5 Å². The van der Waals surface area contributed by atoms with Crippen molar-refractivity contribution in [3.05, 3.63) is 40.1 Å². The highest BCUT2D eigenvalue weighted by atomic mass is 16.5. The number of aromatic hydroxyl groups is 3. The fraction of sp³-hybridized carbons (Fsp3) is 0.316. The fourth-order valence-electron chi connectivity index (χ4n) is 3.49. The van der Waals surface area contributed by atoms with Gasteiger partial charge in [-0.2, -0.15) is 0 Å². The van der Waals surface area contributed by atoms with E-state index < -0.39 is 41.3 Å². The molecule has 3 aromatic rings. The van der Waals surface area contributed by atoms with E-state index in [1.54, 1.807) is 0 Å². The highest BCUT2D eigenvalue weighted by molar-refractivity contribution is 5.92. The first-order valence-electron chi connectivity index (χ1n) is 8.58. The number of hydrogen-bond acceptors (Lipinski definition) is 9. The van der Waals surface area contributed by atoms with Gasteiger partial charge in [-0.05, 0) is 12.1 Å². The predicted octanol–water partition coefficient (Wildman–Crippen LogP) is 0.607. The second-order valence-electron chi connectivity index (χ2n) is 6.83. The summed E-state index contributed by atoms with van der Waals surface area (Å²) in [6.45, 7) is -0.385. The van der Waals surface area contributed by atoms with Gasteiger partial charge in [0.2, 0.25) is 5.43 Å². The molecular weight excluding hydrogens is 372 g/mol. The molecule has 9 nitrogen and oxygen atoms in total. The third kappa shape index (κ3) is 2.85. The number of aliphatic hydroxyl groups is 3. The van der Waals surface area contributed by atoms with Crippen LogP contribution in [0.5, 0.6) is 17.2 Å². The van der Waals surface area contributed by atoms with Gasteiger partial charge in [-0.3, -0.25) is 4.79 Å². The minimum absolute atomic E-state index is 0.0119. The van der Waals surface area contributed by atoms with E-state index in [4.69, 9.17) is 9.15 Å². The van der Waals surface area contributed by atoms with Crippen molar-refractivity contribution in [3.63, 3.8) is 0 Å². The van der Waals surface area contributed by atoms with Crippen LogP contribution in [0.2, 0.25) is 0 Å². The van der Waals surface area contributed by atoms with Crippen LogP contribution in [-0.4, -0.2) is 55.6 Å². The van der Waals surface area contributed by atoms with Gasteiger partial charge in [0, 0.05) is 24.1 Å². The zero-order valence-electron chi connectivity index (χ0n) is 14.4. The molecule has 1 fully saturated rings. The molecule has 1 saturated heterocycles. The molecule has 1 aromatic heterocycles. The lowest BCUT2D eigenvalue weighted by atomic mass is 9.92. The predicted molar refractivity (Wildman–Crippen MR) is 96.3 cm³/mol. The van der Waals surface area contributed by atoms with Crippen molar-refractivity contribution in [1.82, 2.24) is 0 Å². The Balaban J connectivity index is 1.92. The summed E-state index contributed by atoms with van der Waals surface area (Å²) < 4.78 is 11.1. The summed E-state index contributed by atoms with van der Waals surface area (Å²) in [6.07, 6.45) is -4.45. The molecule has 2 heterocycles. The van der Waals surface area contributed by atoms with Gasteiger partial charge in [0.15, 0.2) is 11.5 Å². The molecule has 148 valence electrons. The molecule has 1 aliphatic rings. The second kappa shape index (κ2) is 6.64. The summed E-state index contributed by atoms with van der Waals surface area (Å²) >= 11 is 0. The fourth-order valence-corrected chi connectivity index (χ4v) is 3.49. The molecule has 2 aromatic carbocycles. The van der Waals surface area contributed by atoms with Crippen LogP contribution in [-0.2, 0) is 4.74 Å². The van der Waals surface area contributed by atoms with Crippen LogP contribution < -0.4 is 5.43 Å². The quantitative estimate of drug-likeness (QED) is 0.272. The lowest BCUT2D eigenvalue weighted by molar-refractivity contribution is -0.180. The summed E-state index contributed by atoms with van der Waals surface area (Å²) in [7, 11) is 0. The Bertz CT molecular complexity index is 1120. The van der Waals surface area contributed by atoms with Gasteiger partial charge in [-0.1, -0.05) is 0 Å². The Morgan fingerprint density at radius 2 is 1.54 bits per heavy atom. The van der Waals surface area contributed by atoms with Gasteiger partial charge in [-0.15, -0.1) is 0 Å². The Morgan fingerprint density at radius 1 is 0.929 bits per heavy atom. The maximum Gasteiger partial charge on any atom is 0.200 e.